The first-order chi connectivity index (χ1) is 9.61. The van der Waals surface area contributed by atoms with Crippen molar-refractivity contribution >= 4 is 11.3 Å². The van der Waals surface area contributed by atoms with Gasteiger partial charge in [0.1, 0.15) is 0 Å². The zero-order chi connectivity index (χ0) is 14.5. The highest BCUT2D eigenvalue weighted by Crippen LogP contribution is 2.20. The van der Waals surface area contributed by atoms with Crippen LogP contribution in [-0.4, -0.2) is 41.6 Å². The first-order valence-electron chi connectivity index (χ1n) is 7.97. The average molecular weight is 295 g/mol. The van der Waals surface area contributed by atoms with Crippen molar-refractivity contribution in [2.75, 3.05) is 19.6 Å². The molecule has 0 saturated carbocycles. The van der Waals surface area contributed by atoms with Gasteiger partial charge in [-0.25, -0.2) is 4.98 Å². The van der Waals surface area contributed by atoms with E-state index < -0.39 is 0 Å². The first-order valence-corrected chi connectivity index (χ1v) is 8.85. The van der Waals surface area contributed by atoms with Crippen LogP contribution in [0.5, 0.6) is 0 Å². The van der Waals surface area contributed by atoms with Gasteiger partial charge in [0, 0.05) is 49.7 Å². The summed E-state index contributed by atoms with van der Waals surface area (Å²) in [5, 5.41) is 7.12. The summed E-state index contributed by atoms with van der Waals surface area (Å²) in [6.45, 7) is 12.8. The summed E-state index contributed by atoms with van der Waals surface area (Å²) >= 11 is 1.78. The van der Waals surface area contributed by atoms with Gasteiger partial charge in [-0.3, -0.25) is 4.90 Å². The van der Waals surface area contributed by atoms with Gasteiger partial charge in [0.2, 0.25) is 0 Å². The molecule has 1 saturated heterocycles. The first kappa shape index (κ1) is 15.9. The molecule has 114 valence electrons. The number of piperazine rings is 1. The largest absolute Gasteiger partial charge is 0.311 e. The van der Waals surface area contributed by atoms with Crippen LogP contribution in [0.15, 0.2) is 11.6 Å². The minimum atomic E-state index is 0.645. The third-order valence-electron chi connectivity index (χ3n) is 4.69. The molecule has 20 heavy (non-hydrogen) atoms. The summed E-state index contributed by atoms with van der Waals surface area (Å²) in [6, 6.07) is 1.31. The summed E-state index contributed by atoms with van der Waals surface area (Å²) in [4.78, 5) is 7.11. The van der Waals surface area contributed by atoms with Crippen LogP contribution in [0.25, 0.3) is 0 Å². The third kappa shape index (κ3) is 4.03. The van der Waals surface area contributed by atoms with E-state index in [4.69, 9.17) is 0 Å². The van der Waals surface area contributed by atoms with Crippen LogP contribution in [0.3, 0.4) is 0 Å². The minimum Gasteiger partial charge on any atom is -0.311 e. The van der Waals surface area contributed by atoms with Crippen LogP contribution >= 0.6 is 11.3 Å². The van der Waals surface area contributed by atoms with Crippen molar-refractivity contribution in [3.63, 3.8) is 0 Å². The fraction of sp³-hybridized carbons (Fsp3) is 0.812. The number of hydrogen-bond donors (Lipinski definition) is 1. The second kappa shape index (κ2) is 7.53. The molecule has 2 heterocycles. The van der Waals surface area contributed by atoms with Gasteiger partial charge in [-0.2, -0.15) is 0 Å². The fourth-order valence-corrected chi connectivity index (χ4v) is 3.66. The lowest BCUT2D eigenvalue weighted by molar-refractivity contribution is 0.0831. The molecule has 1 aliphatic heterocycles. The predicted molar refractivity (Wildman–Crippen MR) is 87.3 cm³/mol. The van der Waals surface area contributed by atoms with Crippen LogP contribution in [0, 0.1) is 11.8 Å². The maximum absolute atomic E-state index is 4.42. The lowest BCUT2D eigenvalue weighted by Gasteiger charge is -2.44. The van der Waals surface area contributed by atoms with E-state index >= 15 is 0 Å². The van der Waals surface area contributed by atoms with Crippen molar-refractivity contribution in [1.29, 1.82) is 0 Å². The third-order valence-corrected chi connectivity index (χ3v) is 5.53. The lowest BCUT2D eigenvalue weighted by Crippen LogP contribution is -2.60. The number of rotatable bonds is 6. The summed E-state index contributed by atoms with van der Waals surface area (Å²) in [5.41, 5.74) is 0. The van der Waals surface area contributed by atoms with E-state index in [-0.39, 0.29) is 0 Å². The van der Waals surface area contributed by atoms with Gasteiger partial charge in [0.15, 0.2) is 0 Å². The van der Waals surface area contributed by atoms with Gasteiger partial charge in [0.25, 0.3) is 0 Å². The van der Waals surface area contributed by atoms with Gasteiger partial charge in [-0.15, -0.1) is 11.3 Å². The summed E-state index contributed by atoms with van der Waals surface area (Å²) in [7, 11) is 0. The summed E-state index contributed by atoms with van der Waals surface area (Å²) in [5.74, 6) is 1.46. The molecule has 0 radical (unpaired) electrons. The smallest absolute Gasteiger partial charge is 0.0937 e. The van der Waals surface area contributed by atoms with Crippen LogP contribution in [0.2, 0.25) is 0 Å². The molecule has 1 aromatic rings. The minimum absolute atomic E-state index is 0.645. The molecule has 0 spiro atoms. The zero-order valence-electron chi connectivity index (χ0n) is 13.3. The highest BCUT2D eigenvalue weighted by Gasteiger charge is 2.31. The Bertz CT molecular complexity index is 377. The Morgan fingerprint density at radius 2 is 2.25 bits per heavy atom. The van der Waals surface area contributed by atoms with Crippen molar-refractivity contribution in [2.45, 2.75) is 52.6 Å². The molecule has 2 rings (SSSR count). The molecule has 1 aliphatic rings. The van der Waals surface area contributed by atoms with Crippen LogP contribution in [-0.2, 0) is 6.42 Å². The molecule has 4 heteroatoms. The highest BCUT2D eigenvalue weighted by atomic mass is 32.1. The molecule has 0 amide bonds. The zero-order valence-corrected chi connectivity index (χ0v) is 14.1. The average Bonchev–Trinajstić information content (AvgIpc) is 2.97. The normalized spacial score (nSPS) is 26.1. The Kier molecular flexibility index (Phi) is 6.00. The number of thiazole rings is 1. The standard InChI is InChI=1S/C16H29N3S/c1-5-13(4)14-11-19(15(10-18-14)12(2)3)8-6-16-17-7-9-20-16/h7,9,12-15,18H,5-6,8,10-11H2,1-4H3. The Labute approximate surface area is 127 Å². The Hall–Kier alpha value is -0.450. The Morgan fingerprint density at radius 1 is 1.45 bits per heavy atom. The molecule has 3 atom stereocenters. The summed E-state index contributed by atoms with van der Waals surface area (Å²) < 4.78 is 0. The maximum atomic E-state index is 4.42. The van der Waals surface area contributed by atoms with E-state index in [2.05, 4.69) is 48.3 Å². The predicted octanol–water partition coefficient (Wildman–Crippen LogP) is 3.03. The molecule has 0 aliphatic carbocycles. The van der Waals surface area contributed by atoms with E-state index in [1.165, 1.54) is 18.0 Å². The Morgan fingerprint density at radius 3 is 2.85 bits per heavy atom. The maximum Gasteiger partial charge on any atom is 0.0937 e. The van der Waals surface area contributed by atoms with Gasteiger partial charge < -0.3 is 5.32 Å². The van der Waals surface area contributed by atoms with Crippen LogP contribution in [0.1, 0.15) is 39.1 Å². The van der Waals surface area contributed by atoms with E-state index in [0.717, 1.165) is 25.4 Å². The second-order valence-corrected chi connectivity index (χ2v) is 7.36. The molecule has 0 bridgehead atoms. The highest BCUT2D eigenvalue weighted by molar-refractivity contribution is 7.09. The Balaban J connectivity index is 1.95. The molecule has 0 aromatic carbocycles. The quantitative estimate of drug-likeness (QED) is 0.874. The van der Waals surface area contributed by atoms with E-state index in [1.54, 1.807) is 11.3 Å². The van der Waals surface area contributed by atoms with Gasteiger partial charge in [-0.05, 0) is 11.8 Å². The second-order valence-electron chi connectivity index (χ2n) is 6.38. The molecule has 1 fully saturated rings. The van der Waals surface area contributed by atoms with E-state index in [1.807, 2.05) is 6.20 Å². The molecule has 3 unspecified atom stereocenters. The van der Waals surface area contributed by atoms with Crippen molar-refractivity contribution in [3.05, 3.63) is 16.6 Å². The van der Waals surface area contributed by atoms with Crippen LogP contribution in [0.4, 0.5) is 0 Å². The molecular formula is C16H29N3S. The fourth-order valence-electron chi connectivity index (χ4n) is 3.05. The number of aromatic nitrogens is 1. The number of nitrogens with one attached hydrogen (secondary N) is 1. The van der Waals surface area contributed by atoms with E-state index in [9.17, 15) is 0 Å². The summed E-state index contributed by atoms with van der Waals surface area (Å²) in [6.07, 6.45) is 4.26. The van der Waals surface area contributed by atoms with Crippen molar-refractivity contribution in [2.24, 2.45) is 11.8 Å². The molecule has 3 nitrogen and oxygen atoms in total. The molecule has 1 aromatic heterocycles. The van der Waals surface area contributed by atoms with Crippen molar-refractivity contribution in [3.8, 4) is 0 Å². The SMILES string of the molecule is CCC(C)C1CN(CCc2nccs2)C(C(C)C)CN1. The molecular weight excluding hydrogens is 266 g/mol. The molecule has 1 N–H and O–H groups in total. The monoisotopic (exact) mass is 295 g/mol. The van der Waals surface area contributed by atoms with Crippen molar-refractivity contribution in [1.82, 2.24) is 15.2 Å². The lowest BCUT2D eigenvalue weighted by atomic mass is 9.92. The number of hydrogen-bond acceptors (Lipinski definition) is 4. The van der Waals surface area contributed by atoms with Crippen molar-refractivity contribution < 1.29 is 0 Å². The van der Waals surface area contributed by atoms with Crippen LogP contribution < -0.4 is 5.32 Å². The van der Waals surface area contributed by atoms with E-state index in [0.29, 0.717) is 18.0 Å². The van der Waals surface area contributed by atoms with Gasteiger partial charge in [-0.1, -0.05) is 34.1 Å². The van der Waals surface area contributed by atoms with Gasteiger partial charge >= 0.3 is 0 Å². The number of nitrogens with zero attached hydrogens (tertiary/aromatic N) is 2. The topological polar surface area (TPSA) is 28.2 Å². The van der Waals surface area contributed by atoms with Gasteiger partial charge in [0.05, 0.1) is 5.01 Å².